The topological polar surface area (TPSA) is 92.6 Å². The molecule has 30 heavy (non-hydrogen) atoms. The van der Waals surface area contributed by atoms with E-state index in [1.54, 1.807) is 12.4 Å². The van der Waals surface area contributed by atoms with Gasteiger partial charge in [-0.15, -0.1) is 10.2 Å². The van der Waals surface area contributed by atoms with E-state index in [1.807, 2.05) is 23.5 Å². The molecule has 2 atom stereocenters. The number of halogens is 2. The predicted octanol–water partition coefficient (Wildman–Crippen LogP) is 3.48. The minimum Gasteiger partial charge on any atom is -0.393 e. The van der Waals surface area contributed by atoms with Gasteiger partial charge in [-0.25, -0.2) is 4.98 Å². The third-order valence-electron chi connectivity index (χ3n) is 6.83. The van der Waals surface area contributed by atoms with E-state index in [1.165, 1.54) is 0 Å². The number of aliphatic hydroxyl groups excluding tert-OH is 1. The van der Waals surface area contributed by atoms with E-state index in [4.69, 9.17) is 33.9 Å². The van der Waals surface area contributed by atoms with Gasteiger partial charge in [-0.1, -0.05) is 35.3 Å². The molecule has 1 spiro atoms. The number of aliphatic hydroxyl groups is 1. The Balaban J connectivity index is 1.52. The van der Waals surface area contributed by atoms with Gasteiger partial charge in [0.25, 0.3) is 0 Å². The van der Waals surface area contributed by atoms with Gasteiger partial charge in [-0.3, -0.25) is 4.40 Å². The van der Waals surface area contributed by atoms with Crippen LogP contribution in [0.5, 0.6) is 0 Å². The Labute approximate surface area is 184 Å². The summed E-state index contributed by atoms with van der Waals surface area (Å²) in [5.41, 5.74) is 9.57. The smallest absolute Gasteiger partial charge is 0.212 e. The van der Waals surface area contributed by atoms with Crippen molar-refractivity contribution in [2.75, 3.05) is 18.0 Å². The number of rotatable bonds is 2. The van der Waals surface area contributed by atoms with Gasteiger partial charge in [0.1, 0.15) is 6.33 Å². The predicted molar refractivity (Wildman–Crippen MR) is 118 cm³/mol. The largest absolute Gasteiger partial charge is 0.393 e. The van der Waals surface area contributed by atoms with Crippen LogP contribution >= 0.6 is 23.2 Å². The van der Waals surface area contributed by atoms with Crippen LogP contribution in [-0.4, -0.2) is 49.9 Å². The SMILES string of the molecule is Cc1nc(N2CCC3(CC2)C[C@@H](O)C[C@H]3N)n2cnnc2c1-c1cccc(Cl)c1Cl. The van der Waals surface area contributed by atoms with Crippen LogP contribution in [0.3, 0.4) is 0 Å². The summed E-state index contributed by atoms with van der Waals surface area (Å²) in [5, 5.41) is 19.6. The van der Waals surface area contributed by atoms with Crippen LogP contribution in [-0.2, 0) is 0 Å². The van der Waals surface area contributed by atoms with E-state index in [0.29, 0.717) is 22.1 Å². The summed E-state index contributed by atoms with van der Waals surface area (Å²) in [6.45, 7) is 3.62. The van der Waals surface area contributed by atoms with Crippen molar-refractivity contribution in [2.45, 2.75) is 44.8 Å². The van der Waals surface area contributed by atoms with Crippen LogP contribution < -0.4 is 10.6 Å². The van der Waals surface area contributed by atoms with Crippen molar-refractivity contribution in [3.8, 4) is 11.1 Å². The Morgan fingerprint density at radius 2 is 2.00 bits per heavy atom. The van der Waals surface area contributed by atoms with E-state index < -0.39 is 0 Å². The maximum absolute atomic E-state index is 10.1. The van der Waals surface area contributed by atoms with Crippen LogP contribution in [0.15, 0.2) is 24.5 Å². The molecule has 2 aromatic heterocycles. The Bertz CT molecular complexity index is 1110. The van der Waals surface area contributed by atoms with Crippen LogP contribution in [0.1, 0.15) is 31.4 Å². The number of anilines is 1. The van der Waals surface area contributed by atoms with Gasteiger partial charge in [0, 0.05) is 30.3 Å². The number of fused-ring (bicyclic) bond motifs is 1. The molecule has 1 aliphatic heterocycles. The molecule has 5 rings (SSSR count). The van der Waals surface area contributed by atoms with E-state index in [0.717, 1.165) is 55.1 Å². The Hall–Kier alpha value is -1.93. The van der Waals surface area contributed by atoms with Gasteiger partial charge in [-0.05, 0) is 44.1 Å². The molecule has 1 aromatic carbocycles. The summed E-state index contributed by atoms with van der Waals surface area (Å²) < 4.78 is 1.92. The average Bonchev–Trinajstić information content (AvgIpc) is 3.29. The van der Waals surface area contributed by atoms with E-state index in [9.17, 15) is 5.11 Å². The van der Waals surface area contributed by atoms with E-state index in [-0.39, 0.29) is 17.6 Å². The third-order valence-corrected chi connectivity index (χ3v) is 7.65. The lowest BCUT2D eigenvalue weighted by Crippen LogP contribution is -2.47. The zero-order valence-corrected chi connectivity index (χ0v) is 18.2. The molecule has 0 amide bonds. The Morgan fingerprint density at radius 3 is 2.70 bits per heavy atom. The summed E-state index contributed by atoms with van der Waals surface area (Å²) in [6.07, 6.45) is 4.78. The lowest BCUT2D eigenvalue weighted by molar-refractivity contribution is 0.141. The average molecular weight is 447 g/mol. The highest BCUT2D eigenvalue weighted by atomic mass is 35.5. The quantitative estimate of drug-likeness (QED) is 0.625. The monoisotopic (exact) mass is 446 g/mol. The number of nitrogens with zero attached hydrogens (tertiary/aromatic N) is 5. The standard InChI is InChI=1S/C21H24Cl2N6O/c1-12-17(14-3-2-4-15(22)18(14)23)19-27-25-11-29(19)20(26-12)28-7-5-21(6-8-28)10-13(30)9-16(21)24/h2-4,11,13,16,30H,5-10,24H2,1H3/t13-,16+/m0/s1. The van der Waals surface area contributed by atoms with Crippen LogP contribution in [0.25, 0.3) is 16.8 Å². The lowest BCUT2D eigenvalue weighted by Gasteiger charge is -2.42. The van der Waals surface area contributed by atoms with Crippen LogP contribution in [0.4, 0.5) is 5.95 Å². The van der Waals surface area contributed by atoms with Gasteiger partial charge in [0.15, 0.2) is 5.65 Å². The number of piperidine rings is 1. The molecular formula is C21H24Cl2N6O. The maximum Gasteiger partial charge on any atom is 0.212 e. The number of hydrogen-bond acceptors (Lipinski definition) is 6. The summed E-state index contributed by atoms with van der Waals surface area (Å²) in [5.74, 6) is 0.816. The van der Waals surface area contributed by atoms with Crippen molar-refractivity contribution in [1.82, 2.24) is 19.6 Å². The molecular weight excluding hydrogens is 423 g/mol. The summed E-state index contributed by atoms with van der Waals surface area (Å²) >= 11 is 12.7. The molecule has 0 unspecified atom stereocenters. The fourth-order valence-corrected chi connectivity index (χ4v) is 5.58. The van der Waals surface area contributed by atoms with Crippen molar-refractivity contribution >= 4 is 34.8 Å². The molecule has 2 aliphatic rings. The molecule has 2 fully saturated rings. The first-order valence-electron chi connectivity index (χ1n) is 10.2. The van der Waals surface area contributed by atoms with Crippen molar-refractivity contribution in [3.05, 3.63) is 40.3 Å². The molecule has 9 heteroatoms. The summed E-state index contributed by atoms with van der Waals surface area (Å²) in [4.78, 5) is 7.18. The first-order valence-corrected chi connectivity index (χ1v) is 11.0. The first kappa shape index (κ1) is 20.0. The zero-order chi connectivity index (χ0) is 21.0. The molecule has 7 nitrogen and oxygen atoms in total. The second-order valence-corrected chi connectivity index (χ2v) is 9.33. The number of benzene rings is 1. The summed E-state index contributed by atoms with van der Waals surface area (Å²) in [7, 11) is 0. The van der Waals surface area contributed by atoms with Gasteiger partial charge in [-0.2, -0.15) is 0 Å². The highest BCUT2D eigenvalue weighted by molar-refractivity contribution is 6.43. The highest BCUT2D eigenvalue weighted by Crippen LogP contribution is 2.46. The minimum atomic E-state index is -0.279. The van der Waals surface area contributed by atoms with E-state index >= 15 is 0 Å². The van der Waals surface area contributed by atoms with Gasteiger partial charge in [0.05, 0.1) is 21.8 Å². The molecule has 0 bridgehead atoms. The van der Waals surface area contributed by atoms with E-state index in [2.05, 4.69) is 15.1 Å². The fourth-order valence-electron chi connectivity index (χ4n) is 5.18. The normalized spacial score (nSPS) is 23.6. The molecule has 1 saturated heterocycles. The fraction of sp³-hybridized carbons (Fsp3) is 0.476. The first-order chi connectivity index (χ1) is 14.4. The summed E-state index contributed by atoms with van der Waals surface area (Å²) in [6, 6.07) is 5.61. The molecule has 0 radical (unpaired) electrons. The van der Waals surface area contributed by atoms with Gasteiger partial charge in [0.2, 0.25) is 5.95 Å². The Morgan fingerprint density at radius 1 is 1.23 bits per heavy atom. The van der Waals surface area contributed by atoms with Crippen molar-refractivity contribution in [1.29, 1.82) is 0 Å². The molecule has 3 heterocycles. The minimum absolute atomic E-state index is 0.0333. The van der Waals surface area contributed by atoms with Gasteiger partial charge < -0.3 is 15.7 Å². The lowest BCUT2D eigenvalue weighted by atomic mass is 9.74. The molecule has 1 saturated carbocycles. The number of nitrogens with two attached hydrogens (primary N) is 1. The molecule has 158 valence electrons. The third kappa shape index (κ3) is 3.07. The van der Waals surface area contributed by atoms with Crippen molar-refractivity contribution in [3.63, 3.8) is 0 Å². The molecule has 1 aliphatic carbocycles. The van der Waals surface area contributed by atoms with Crippen molar-refractivity contribution in [2.24, 2.45) is 11.1 Å². The van der Waals surface area contributed by atoms with Gasteiger partial charge >= 0.3 is 0 Å². The Kier molecular flexibility index (Phi) is 4.89. The van der Waals surface area contributed by atoms with Crippen molar-refractivity contribution < 1.29 is 5.11 Å². The zero-order valence-electron chi connectivity index (χ0n) is 16.7. The van der Waals surface area contributed by atoms with Crippen LogP contribution in [0.2, 0.25) is 10.0 Å². The molecule has 3 aromatic rings. The second kappa shape index (κ2) is 7.34. The second-order valence-electron chi connectivity index (χ2n) is 8.55. The number of hydrogen-bond donors (Lipinski definition) is 2. The maximum atomic E-state index is 10.1. The number of aromatic nitrogens is 4. The highest BCUT2D eigenvalue weighted by Gasteiger charge is 2.47. The number of aryl methyl sites for hydroxylation is 1. The van der Waals surface area contributed by atoms with Crippen LogP contribution in [0, 0.1) is 12.3 Å². The molecule has 3 N–H and O–H groups in total.